The van der Waals surface area contributed by atoms with E-state index in [4.69, 9.17) is 16.3 Å². The van der Waals surface area contributed by atoms with Crippen molar-refractivity contribution in [2.24, 2.45) is 0 Å². The number of nitrogens with zero attached hydrogens (tertiary/aromatic N) is 8. The number of hydrogen-bond donors (Lipinski definition) is 0. The summed E-state index contributed by atoms with van der Waals surface area (Å²) >= 11 is 6.50. The number of hydrogen-bond acceptors (Lipinski definition) is 9. The minimum atomic E-state index is -2.88. The standard InChI is InChI=1S/C31H27ClF4N8O2/c1-17(33)29(45)44-9-8-43(14-19(44)6-7-37)28-22-13-39-26(21-12-38-11-18-4-3-5-23(32)24(18)21)25(34)27(22)40-30(41-28)46-15-20-10-31(35,36)16-42(20)2/h3-5,11-13,19-20H,1,6,8-10,14-16H2,2H3. The fraction of sp³-hybridized carbons (Fsp3) is 0.355. The van der Waals surface area contributed by atoms with Crippen LogP contribution in [0.2, 0.25) is 5.02 Å². The molecule has 0 radical (unpaired) electrons. The normalized spacial score (nSPS) is 19.8. The van der Waals surface area contributed by atoms with Crippen LogP contribution in [0.5, 0.6) is 6.01 Å². The Kier molecular flexibility index (Phi) is 8.39. The van der Waals surface area contributed by atoms with Gasteiger partial charge in [0, 0.05) is 72.0 Å². The van der Waals surface area contributed by atoms with Crippen molar-refractivity contribution in [1.82, 2.24) is 29.7 Å². The maximum Gasteiger partial charge on any atom is 0.319 e. The molecule has 2 unspecified atom stereocenters. The predicted octanol–water partition coefficient (Wildman–Crippen LogP) is 5.16. The molecule has 46 heavy (non-hydrogen) atoms. The zero-order valence-corrected chi connectivity index (χ0v) is 25.3. The molecule has 2 aliphatic heterocycles. The number of aromatic nitrogens is 4. The lowest BCUT2D eigenvalue weighted by atomic mass is 10.0. The molecule has 4 aromatic rings. The van der Waals surface area contributed by atoms with Crippen LogP contribution in [0.4, 0.5) is 23.4 Å². The molecule has 0 N–H and O–H groups in total. The molecule has 2 aliphatic rings. The molecule has 0 aliphatic carbocycles. The highest BCUT2D eigenvalue weighted by Gasteiger charge is 2.43. The summed E-state index contributed by atoms with van der Waals surface area (Å²) in [7, 11) is 1.56. The van der Waals surface area contributed by atoms with Crippen LogP contribution in [0.25, 0.3) is 32.9 Å². The van der Waals surface area contributed by atoms with Crippen LogP contribution in [-0.4, -0.2) is 93.5 Å². The number of piperazine rings is 1. The number of halogens is 5. The lowest BCUT2D eigenvalue weighted by Crippen LogP contribution is -2.55. The van der Waals surface area contributed by atoms with Gasteiger partial charge < -0.3 is 14.5 Å². The Morgan fingerprint density at radius 3 is 2.74 bits per heavy atom. The van der Waals surface area contributed by atoms with Crippen LogP contribution in [0.3, 0.4) is 0 Å². The van der Waals surface area contributed by atoms with Gasteiger partial charge in [-0.25, -0.2) is 17.6 Å². The topological polar surface area (TPSA) is 111 Å². The highest BCUT2D eigenvalue weighted by atomic mass is 35.5. The summed E-state index contributed by atoms with van der Waals surface area (Å²) < 4.78 is 64.2. The summed E-state index contributed by atoms with van der Waals surface area (Å²) in [5.74, 6) is -5.58. The quantitative estimate of drug-likeness (QED) is 0.197. The van der Waals surface area contributed by atoms with Gasteiger partial charge in [-0.3, -0.25) is 19.7 Å². The van der Waals surface area contributed by atoms with Gasteiger partial charge in [-0.15, -0.1) is 0 Å². The molecular weight excluding hydrogens is 628 g/mol. The Morgan fingerprint density at radius 2 is 2.02 bits per heavy atom. The third-order valence-electron chi connectivity index (χ3n) is 8.28. The molecule has 5 heterocycles. The van der Waals surface area contributed by atoms with Crippen molar-refractivity contribution in [3.63, 3.8) is 0 Å². The zero-order chi connectivity index (χ0) is 32.7. The fourth-order valence-electron chi connectivity index (χ4n) is 6.05. The van der Waals surface area contributed by atoms with E-state index in [9.17, 15) is 23.2 Å². The summed E-state index contributed by atoms with van der Waals surface area (Å²) in [5.41, 5.74) is 0.0861. The van der Waals surface area contributed by atoms with E-state index in [1.807, 2.05) is 6.07 Å². The first kappa shape index (κ1) is 31.4. The number of amides is 1. The van der Waals surface area contributed by atoms with Crippen LogP contribution >= 0.6 is 11.6 Å². The third kappa shape index (κ3) is 5.88. The molecule has 238 valence electrons. The van der Waals surface area contributed by atoms with E-state index in [0.717, 1.165) is 0 Å². The maximum absolute atomic E-state index is 16.5. The second-order valence-corrected chi connectivity index (χ2v) is 11.8. The lowest BCUT2D eigenvalue weighted by molar-refractivity contribution is -0.131. The average Bonchev–Trinajstić information content (AvgIpc) is 3.30. The Bertz CT molecular complexity index is 1900. The number of alkyl halides is 2. The number of likely N-dealkylation sites (N-methyl/N-ethyl adjacent to an activating group) is 1. The second-order valence-electron chi connectivity index (χ2n) is 11.3. The molecule has 0 bridgehead atoms. The smallest absolute Gasteiger partial charge is 0.319 e. The van der Waals surface area contributed by atoms with Crippen molar-refractivity contribution >= 4 is 45.0 Å². The van der Waals surface area contributed by atoms with Gasteiger partial charge in [-0.05, 0) is 13.1 Å². The highest BCUT2D eigenvalue weighted by molar-refractivity contribution is 6.36. The van der Waals surface area contributed by atoms with Crippen molar-refractivity contribution in [3.05, 3.63) is 60.0 Å². The van der Waals surface area contributed by atoms with Crippen molar-refractivity contribution in [2.75, 3.05) is 44.7 Å². The summed E-state index contributed by atoms with van der Waals surface area (Å²) in [6, 6.07) is 5.58. The minimum Gasteiger partial charge on any atom is -0.462 e. The second kappa shape index (κ2) is 12.3. The van der Waals surface area contributed by atoms with Crippen molar-refractivity contribution in [2.45, 2.75) is 30.8 Å². The van der Waals surface area contributed by atoms with Gasteiger partial charge in [0.1, 0.15) is 23.6 Å². The third-order valence-corrected chi connectivity index (χ3v) is 8.59. The summed E-state index contributed by atoms with van der Waals surface area (Å²) in [5, 5.41) is 11.2. The number of nitriles is 1. The SMILES string of the molecule is C=C(F)C(=O)N1CCN(c2nc(OCC3CC(F)(F)CN3C)nc3c(F)c(-c4cncc5cccc(Cl)c45)ncc23)CC1CC#N. The maximum atomic E-state index is 16.5. The van der Waals surface area contributed by atoms with E-state index >= 15 is 4.39 Å². The molecule has 0 spiro atoms. The molecular formula is C31H27ClF4N8O2. The molecule has 3 aromatic heterocycles. The van der Waals surface area contributed by atoms with E-state index < -0.39 is 48.5 Å². The van der Waals surface area contributed by atoms with Gasteiger partial charge in [-0.2, -0.15) is 15.2 Å². The first-order chi connectivity index (χ1) is 22.0. The number of likely N-dealkylation sites (tertiary alicyclic amines) is 1. The summed E-state index contributed by atoms with van der Waals surface area (Å²) in [4.78, 5) is 34.4. The molecule has 0 saturated carbocycles. The van der Waals surface area contributed by atoms with Gasteiger partial charge in [-0.1, -0.05) is 30.3 Å². The van der Waals surface area contributed by atoms with Crippen molar-refractivity contribution < 1.29 is 27.1 Å². The van der Waals surface area contributed by atoms with Crippen LogP contribution in [-0.2, 0) is 4.79 Å². The lowest BCUT2D eigenvalue weighted by Gasteiger charge is -2.41. The Balaban J connectivity index is 1.44. The number of ether oxygens (including phenoxy) is 1. The first-order valence-electron chi connectivity index (χ1n) is 14.3. The Labute approximate surface area is 265 Å². The van der Waals surface area contributed by atoms with Crippen LogP contribution in [0.15, 0.2) is 49.2 Å². The number of benzene rings is 1. The van der Waals surface area contributed by atoms with Crippen LogP contribution in [0, 0.1) is 17.1 Å². The zero-order valence-electron chi connectivity index (χ0n) is 24.6. The number of fused-ring (bicyclic) bond motifs is 2. The fourth-order valence-corrected chi connectivity index (χ4v) is 6.33. The largest absolute Gasteiger partial charge is 0.462 e. The van der Waals surface area contributed by atoms with Crippen molar-refractivity contribution in [1.29, 1.82) is 5.26 Å². The summed E-state index contributed by atoms with van der Waals surface area (Å²) in [6.45, 7) is 2.67. The molecule has 2 fully saturated rings. The Morgan fingerprint density at radius 1 is 1.22 bits per heavy atom. The number of anilines is 1. The van der Waals surface area contributed by atoms with Gasteiger partial charge >= 0.3 is 6.01 Å². The van der Waals surface area contributed by atoms with Gasteiger partial charge in [0.15, 0.2) is 11.6 Å². The molecule has 6 rings (SSSR count). The van der Waals surface area contributed by atoms with Gasteiger partial charge in [0.2, 0.25) is 0 Å². The van der Waals surface area contributed by atoms with E-state index in [2.05, 4.69) is 26.5 Å². The number of carbonyl (C=O) groups excluding carboxylic acids is 1. The molecule has 10 nitrogen and oxygen atoms in total. The van der Waals surface area contributed by atoms with Gasteiger partial charge in [0.05, 0.1) is 30.5 Å². The molecule has 2 atom stereocenters. The molecule has 15 heteroatoms. The minimum absolute atomic E-state index is 0.0198. The highest BCUT2D eigenvalue weighted by Crippen LogP contribution is 2.38. The van der Waals surface area contributed by atoms with Crippen LogP contribution in [0.1, 0.15) is 12.8 Å². The van der Waals surface area contributed by atoms with E-state index in [1.165, 1.54) is 22.2 Å². The number of pyridine rings is 2. The van der Waals surface area contributed by atoms with E-state index in [-0.39, 0.29) is 61.1 Å². The first-order valence-corrected chi connectivity index (χ1v) is 14.7. The molecule has 1 aromatic carbocycles. The average molecular weight is 655 g/mol. The van der Waals surface area contributed by atoms with E-state index in [0.29, 0.717) is 21.4 Å². The van der Waals surface area contributed by atoms with E-state index in [1.54, 1.807) is 36.3 Å². The van der Waals surface area contributed by atoms with Crippen LogP contribution < -0.4 is 9.64 Å². The van der Waals surface area contributed by atoms with Crippen molar-refractivity contribution in [3.8, 4) is 23.3 Å². The Hall–Kier alpha value is -4.61. The summed E-state index contributed by atoms with van der Waals surface area (Å²) in [6.07, 6.45) is 3.90. The predicted molar refractivity (Wildman–Crippen MR) is 163 cm³/mol. The number of rotatable bonds is 7. The number of carbonyl (C=O) groups is 1. The van der Waals surface area contributed by atoms with Gasteiger partial charge in [0.25, 0.3) is 11.8 Å². The molecule has 1 amide bonds. The monoisotopic (exact) mass is 654 g/mol. The molecule has 2 saturated heterocycles.